The highest BCUT2D eigenvalue weighted by Gasteiger charge is 2.10. The Morgan fingerprint density at radius 3 is 2.40 bits per heavy atom. The predicted octanol–water partition coefficient (Wildman–Crippen LogP) is 3.85. The van der Waals surface area contributed by atoms with Crippen molar-refractivity contribution in [1.29, 1.82) is 0 Å². The van der Waals surface area contributed by atoms with E-state index in [0.29, 0.717) is 17.9 Å². The molecule has 0 bridgehead atoms. The maximum absolute atomic E-state index is 12.4. The van der Waals surface area contributed by atoms with Gasteiger partial charge in [-0.05, 0) is 64.6 Å². The molecule has 0 saturated heterocycles. The first-order valence-electron chi connectivity index (χ1n) is 7.88. The molecule has 1 N–H and O–H groups in total. The molecule has 2 aromatic carbocycles. The number of hydrogen-bond acceptors (Lipinski definition) is 3. The first kappa shape index (κ1) is 17.5. The van der Waals surface area contributed by atoms with Crippen LogP contribution >= 0.6 is 22.6 Å². The van der Waals surface area contributed by atoms with Crippen molar-refractivity contribution in [3.8, 4) is 0 Å². The van der Waals surface area contributed by atoms with Crippen molar-refractivity contribution in [2.75, 3.05) is 24.3 Å². The SMILES string of the molecule is CN(C)c1ccc(Cn2nccc2NC(=O)c2ccc(I)cc2)cc1. The van der Waals surface area contributed by atoms with Crippen molar-refractivity contribution < 1.29 is 4.79 Å². The highest BCUT2D eigenvalue weighted by molar-refractivity contribution is 14.1. The molecule has 1 amide bonds. The van der Waals surface area contributed by atoms with Crippen molar-refractivity contribution >= 4 is 40.0 Å². The Balaban J connectivity index is 1.72. The minimum Gasteiger partial charge on any atom is -0.378 e. The Morgan fingerprint density at radius 1 is 1.08 bits per heavy atom. The lowest BCUT2D eigenvalue weighted by atomic mass is 10.2. The van der Waals surface area contributed by atoms with Gasteiger partial charge in [0.1, 0.15) is 5.82 Å². The lowest BCUT2D eigenvalue weighted by Crippen LogP contribution is -2.16. The van der Waals surface area contributed by atoms with Crippen molar-refractivity contribution in [3.05, 3.63) is 75.5 Å². The number of rotatable bonds is 5. The van der Waals surface area contributed by atoms with Crippen molar-refractivity contribution in [1.82, 2.24) is 9.78 Å². The maximum Gasteiger partial charge on any atom is 0.256 e. The van der Waals surface area contributed by atoms with Gasteiger partial charge in [0.25, 0.3) is 5.91 Å². The molecule has 128 valence electrons. The third kappa shape index (κ3) is 4.39. The summed E-state index contributed by atoms with van der Waals surface area (Å²) in [6, 6.07) is 17.6. The number of nitrogens with zero attached hydrogens (tertiary/aromatic N) is 3. The molecule has 0 aliphatic heterocycles. The fourth-order valence-electron chi connectivity index (χ4n) is 2.43. The summed E-state index contributed by atoms with van der Waals surface area (Å²) in [5.41, 5.74) is 2.90. The van der Waals surface area contributed by atoms with E-state index in [1.165, 1.54) is 0 Å². The zero-order valence-electron chi connectivity index (χ0n) is 14.1. The summed E-state index contributed by atoms with van der Waals surface area (Å²) in [7, 11) is 4.03. The number of aromatic nitrogens is 2. The monoisotopic (exact) mass is 446 g/mol. The van der Waals surface area contributed by atoms with Crippen LogP contribution in [0.3, 0.4) is 0 Å². The summed E-state index contributed by atoms with van der Waals surface area (Å²) in [6.07, 6.45) is 1.69. The van der Waals surface area contributed by atoms with E-state index in [0.717, 1.165) is 14.8 Å². The average molecular weight is 446 g/mol. The van der Waals surface area contributed by atoms with Crippen LogP contribution in [0.25, 0.3) is 0 Å². The van der Waals surface area contributed by atoms with Crippen LogP contribution < -0.4 is 10.2 Å². The van der Waals surface area contributed by atoms with Gasteiger partial charge in [-0.3, -0.25) is 4.79 Å². The second-order valence-electron chi connectivity index (χ2n) is 5.90. The molecule has 6 heteroatoms. The summed E-state index contributed by atoms with van der Waals surface area (Å²) in [4.78, 5) is 14.4. The van der Waals surface area contributed by atoms with Gasteiger partial charge in [0.05, 0.1) is 12.7 Å². The molecular formula is C19H19IN4O. The fraction of sp³-hybridized carbons (Fsp3) is 0.158. The van der Waals surface area contributed by atoms with Crippen molar-refractivity contribution in [2.45, 2.75) is 6.54 Å². The van der Waals surface area contributed by atoms with Gasteiger partial charge in [-0.2, -0.15) is 5.10 Å². The number of hydrogen-bond donors (Lipinski definition) is 1. The van der Waals surface area contributed by atoms with Gasteiger partial charge in [-0.1, -0.05) is 12.1 Å². The van der Waals surface area contributed by atoms with Gasteiger partial charge in [0, 0.05) is 35.0 Å². The number of carbonyl (C=O) groups is 1. The second kappa shape index (κ2) is 7.69. The van der Waals surface area contributed by atoms with Gasteiger partial charge in [0.2, 0.25) is 0 Å². The van der Waals surface area contributed by atoms with Crippen LogP contribution in [-0.2, 0) is 6.54 Å². The van der Waals surface area contributed by atoms with E-state index in [4.69, 9.17) is 0 Å². The molecule has 0 aliphatic rings. The second-order valence-corrected chi connectivity index (χ2v) is 7.14. The molecule has 0 fully saturated rings. The molecule has 25 heavy (non-hydrogen) atoms. The van der Waals surface area contributed by atoms with E-state index in [-0.39, 0.29) is 5.91 Å². The normalized spacial score (nSPS) is 10.5. The number of carbonyl (C=O) groups excluding carboxylic acids is 1. The summed E-state index contributed by atoms with van der Waals surface area (Å²) >= 11 is 2.22. The van der Waals surface area contributed by atoms with E-state index < -0.39 is 0 Å². The fourth-order valence-corrected chi connectivity index (χ4v) is 2.79. The predicted molar refractivity (Wildman–Crippen MR) is 109 cm³/mol. The average Bonchev–Trinajstić information content (AvgIpc) is 3.02. The summed E-state index contributed by atoms with van der Waals surface area (Å²) in [5.74, 6) is 0.543. The maximum atomic E-state index is 12.4. The zero-order valence-corrected chi connectivity index (χ0v) is 16.3. The molecule has 0 spiro atoms. The van der Waals surface area contributed by atoms with Crippen LogP contribution in [0.2, 0.25) is 0 Å². The molecule has 1 heterocycles. The highest BCUT2D eigenvalue weighted by Crippen LogP contribution is 2.16. The van der Waals surface area contributed by atoms with E-state index in [9.17, 15) is 4.79 Å². The van der Waals surface area contributed by atoms with Gasteiger partial charge in [0.15, 0.2) is 0 Å². The first-order valence-corrected chi connectivity index (χ1v) is 8.96. The molecular weight excluding hydrogens is 427 g/mol. The molecule has 3 rings (SSSR count). The lowest BCUT2D eigenvalue weighted by molar-refractivity contribution is 0.102. The van der Waals surface area contributed by atoms with Crippen LogP contribution in [0.1, 0.15) is 15.9 Å². The molecule has 0 unspecified atom stereocenters. The van der Waals surface area contributed by atoms with Gasteiger partial charge >= 0.3 is 0 Å². The van der Waals surface area contributed by atoms with E-state index in [2.05, 4.69) is 62.2 Å². The number of amides is 1. The summed E-state index contributed by atoms with van der Waals surface area (Å²) in [5, 5.41) is 7.25. The quantitative estimate of drug-likeness (QED) is 0.606. The van der Waals surface area contributed by atoms with Crippen LogP contribution in [0, 0.1) is 3.57 Å². The van der Waals surface area contributed by atoms with Crippen LogP contribution in [0.5, 0.6) is 0 Å². The summed E-state index contributed by atoms with van der Waals surface area (Å²) < 4.78 is 2.88. The van der Waals surface area contributed by atoms with E-state index in [1.807, 2.05) is 38.4 Å². The van der Waals surface area contributed by atoms with Crippen LogP contribution in [0.4, 0.5) is 11.5 Å². The van der Waals surface area contributed by atoms with Gasteiger partial charge in [-0.15, -0.1) is 0 Å². The lowest BCUT2D eigenvalue weighted by Gasteiger charge is -2.13. The Morgan fingerprint density at radius 2 is 1.76 bits per heavy atom. The molecule has 1 aromatic heterocycles. The molecule has 0 radical (unpaired) electrons. The van der Waals surface area contributed by atoms with Crippen molar-refractivity contribution in [3.63, 3.8) is 0 Å². The van der Waals surface area contributed by atoms with Crippen molar-refractivity contribution in [2.24, 2.45) is 0 Å². The molecule has 3 aromatic rings. The Labute approximate surface area is 160 Å². The largest absolute Gasteiger partial charge is 0.378 e. The third-order valence-electron chi connectivity index (χ3n) is 3.85. The third-order valence-corrected chi connectivity index (χ3v) is 4.57. The molecule has 0 saturated carbocycles. The van der Waals surface area contributed by atoms with Crippen LogP contribution in [0.15, 0.2) is 60.8 Å². The van der Waals surface area contributed by atoms with Gasteiger partial charge < -0.3 is 10.2 Å². The topological polar surface area (TPSA) is 50.2 Å². The number of anilines is 2. The molecule has 0 atom stereocenters. The molecule has 5 nitrogen and oxygen atoms in total. The number of nitrogens with one attached hydrogen (secondary N) is 1. The van der Waals surface area contributed by atoms with Gasteiger partial charge in [-0.25, -0.2) is 4.68 Å². The Bertz CT molecular complexity index is 854. The Hall–Kier alpha value is -2.35. The minimum absolute atomic E-state index is 0.138. The molecule has 0 aliphatic carbocycles. The highest BCUT2D eigenvalue weighted by atomic mass is 127. The standard InChI is InChI=1S/C19H19IN4O/c1-23(2)17-9-3-14(4-10-17)13-24-18(11-12-21-24)22-19(25)15-5-7-16(20)8-6-15/h3-12H,13H2,1-2H3,(H,22,25). The Kier molecular flexibility index (Phi) is 5.37. The first-order chi connectivity index (χ1) is 12.0. The van der Waals surface area contributed by atoms with E-state index in [1.54, 1.807) is 16.9 Å². The van der Waals surface area contributed by atoms with E-state index >= 15 is 0 Å². The number of halogens is 1. The van der Waals surface area contributed by atoms with Crippen LogP contribution in [-0.4, -0.2) is 29.8 Å². The zero-order chi connectivity index (χ0) is 17.8. The summed E-state index contributed by atoms with van der Waals surface area (Å²) in [6.45, 7) is 0.600. The minimum atomic E-state index is -0.138. The number of benzene rings is 2. The smallest absolute Gasteiger partial charge is 0.256 e.